The van der Waals surface area contributed by atoms with Crippen molar-refractivity contribution in [2.45, 2.75) is 11.8 Å². The Hall–Kier alpha value is -2.97. The summed E-state index contributed by atoms with van der Waals surface area (Å²) in [6.45, 7) is 1.93. The average Bonchev–Trinajstić information content (AvgIpc) is 2.65. The van der Waals surface area contributed by atoms with Crippen molar-refractivity contribution in [3.63, 3.8) is 0 Å². The van der Waals surface area contributed by atoms with Crippen molar-refractivity contribution in [3.05, 3.63) is 76.1 Å². The summed E-state index contributed by atoms with van der Waals surface area (Å²) < 4.78 is 26.8. The van der Waals surface area contributed by atoms with Gasteiger partial charge in [0.25, 0.3) is 11.5 Å². The lowest BCUT2D eigenvalue weighted by molar-refractivity contribution is 0.0953. The number of carbonyl (C=O) groups is 1. The van der Waals surface area contributed by atoms with Gasteiger partial charge in [-0.3, -0.25) is 9.59 Å². The maximum absolute atomic E-state index is 12.2. The van der Waals surface area contributed by atoms with E-state index in [4.69, 9.17) is 0 Å². The summed E-state index contributed by atoms with van der Waals surface area (Å²) in [6.07, 6.45) is 0. The van der Waals surface area contributed by atoms with Crippen molar-refractivity contribution in [1.82, 2.24) is 15.0 Å². The van der Waals surface area contributed by atoms with Crippen LogP contribution in [0, 0.1) is 6.92 Å². The molecule has 3 N–H and O–H groups in total. The standard InChI is InChI=1S/C19H19N3O4S/c1-13-6-8-15(9-7-13)27(25,26)21-11-10-20-18(23)16-12-14-4-2-3-5-17(14)22-19(16)24/h2-9,12,21H,10-11H2,1H3,(H,20,23)(H,22,24). The maximum Gasteiger partial charge on any atom is 0.261 e. The monoisotopic (exact) mass is 385 g/mol. The van der Waals surface area contributed by atoms with Crippen molar-refractivity contribution in [3.8, 4) is 0 Å². The zero-order valence-electron chi connectivity index (χ0n) is 14.7. The Balaban J connectivity index is 1.61. The second kappa shape index (κ2) is 7.73. The average molecular weight is 385 g/mol. The number of sulfonamides is 1. The van der Waals surface area contributed by atoms with Crippen molar-refractivity contribution in [1.29, 1.82) is 0 Å². The largest absolute Gasteiger partial charge is 0.351 e. The molecule has 1 aromatic heterocycles. The highest BCUT2D eigenvalue weighted by atomic mass is 32.2. The van der Waals surface area contributed by atoms with Gasteiger partial charge in [-0.15, -0.1) is 0 Å². The highest BCUT2D eigenvalue weighted by molar-refractivity contribution is 7.89. The summed E-state index contributed by atoms with van der Waals surface area (Å²) in [7, 11) is -3.65. The van der Waals surface area contributed by atoms with Crippen molar-refractivity contribution >= 4 is 26.8 Å². The number of pyridine rings is 1. The molecule has 140 valence electrons. The minimum Gasteiger partial charge on any atom is -0.351 e. The summed E-state index contributed by atoms with van der Waals surface area (Å²) in [5.74, 6) is -0.559. The summed E-state index contributed by atoms with van der Waals surface area (Å²) >= 11 is 0. The molecule has 1 amide bonds. The van der Waals surface area contributed by atoms with Crippen molar-refractivity contribution in [2.75, 3.05) is 13.1 Å². The number of carbonyl (C=O) groups excluding carboxylic acids is 1. The van der Waals surface area contributed by atoms with Gasteiger partial charge in [0.1, 0.15) is 5.56 Å². The molecule has 0 aliphatic rings. The zero-order valence-corrected chi connectivity index (χ0v) is 15.5. The minimum absolute atomic E-state index is 0.00738. The van der Waals surface area contributed by atoms with Gasteiger partial charge < -0.3 is 10.3 Å². The molecule has 2 aromatic carbocycles. The predicted molar refractivity (Wildman–Crippen MR) is 103 cm³/mol. The van der Waals surface area contributed by atoms with Crippen LogP contribution in [0.25, 0.3) is 10.9 Å². The van der Waals surface area contributed by atoms with Gasteiger partial charge in [0, 0.05) is 18.6 Å². The highest BCUT2D eigenvalue weighted by Gasteiger charge is 2.14. The first-order valence-electron chi connectivity index (χ1n) is 8.33. The minimum atomic E-state index is -3.65. The molecule has 0 bridgehead atoms. The van der Waals surface area contributed by atoms with Gasteiger partial charge in [-0.1, -0.05) is 35.9 Å². The molecule has 0 saturated carbocycles. The van der Waals surface area contributed by atoms with E-state index in [-0.39, 0.29) is 23.5 Å². The summed E-state index contributed by atoms with van der Waals surface area (Å²) in [4.78, 5) is 27.1. The predicted octanol–water partition coefficient (Wildman–Crippen LogP) is 1.54. The van der Waals surface area contributed by atoms with Gasteiger partial charge in [0.15, 0.2) is 0 Å². The third kappa shape index (κ3) is 4.42. The SMILES string of the molecule is Cc1ccc(S(=O)(=O)NCCNC(=O)c2cc3ccccc3[nH]c2=O)cc1. The van der Waals surface area contributed by atoms with E-state index >= 15 is 0 Å². The van der Waals surface area contributed by atoms with Crippen LogP contribution in [-0.4, -0.2) is 32.4 Å². The molecular formula is C19H19N3O4S. The highest BCUT2D eigenvalue weighted by Crippen LogP contribution is 2.10. The fraction of sp³-hybridized carbons (Fsp3) is 0.158. The lowest BCUT2D eigenvalue weighted by Gasteiger charge is -2.08. The van der Waals surface area contributed by atoms with Gasteiger partial charge in [0.2, 0.25) is 10.0 Å². The smallest absolute Gasteiger partial charge is 0.261 e. The van der Waals surface area contributed by atoms with E-state index in [1.165, 1.54) is 18.2 Å². The molecule has 0 radical (unpaired) electrons. The van der Waals surface area contributed by atoms with Crippen LogP contribution in [0.2, 0.25) is 0 Å². The van der Waals surface area contributed by atoms with E-state index in [1.54, 1.807) is 30.3 Å². The first-order valence-corrected chi connectivity index (χ1v) is 9.82. The van der Waals surface area contributed by atoms with E-state index in [1.807, 2.05) is 13.0 Å². The number of H-pyrrole nitrogens is 1. The number of aryl methyl sites for hydroxylation is 1. The lowest BCUT2D eigenvalue weighted by Crippen LogP contribution is -2.36. The van der Waals surface area contributed by atoms with Gasteiger partial charge >= 0.3 is 0 Å². The molecule has 7 nitrogen and oxygen atoms in total. The van der Waals surface area contributed by atoms with Crippen LogP contribution in [0.1, 0.15) is 15.9 Å². The van der Waals surface area contributed by atoms with E-state index in [0.29, 0.717) is 5.52 Å². The van der Waals surface area contributed by atoms with Crippen molar-refractivity contribution in [2.24, 2.45) is 0 Å². The molecule has 8 heteroatoms. The van der Waals surface area contributed by atoms with Crippen molar-refractivity contribution < 1.29 is 13.2 Å². The van der Waals surface area contributed by atoms with Gasteiger partial charge in [-0.05, 0) is 36.6 Å². The van der Waals surface area contributed by atoms with Crippen LogP contribution in [0.5, 0.6) is 0 Å². The lowest BCUT2D eigenvalue weighted by atomic mass is 10.1. The summed E-state index contributed by atoms with van der Waals surface area (Å²) in [5.41, 5.74) is 1.09. The number of benzene rings is 2. The molecule has 0 fully saturated rings. The molecule has 0 unspecified atom stereocenters. The Bertz CT molecular complexity index is 1140. The number of aromatic nitrogens is 1. The van der Waals surface area contributed by atoms with Crippen LogP contribution in [0.15, 0.2) is 64.3 Å². The summed E-state index contributed by atoms with van der Waals surface area (Å²) in [5, 5.41) is 3.29. The normalized spacial score (nSPS) is 11.4. The second-order valence-electron chi connectivity index (χ2n) is 6.07. The number of nitrogens with one attached hydrogen (secondary N) is 3. The molecule has 0 saturated heterocycles. The molecule has 0 aliphatic heterocycles. The molecule has 3 aromatic rings. The number of rotatable bonds is 6. The van der Waals surface area contributed by atoms with E-state index in [9.17, 15) is 18.0 Å². The quantitative estimate of drug-likeness (QED) is 0.559. The van der Waals surface area contributed by atoms with E-state index in [0.717, 1.165) is 10.9 Å². The number of aromatic amines is 1. The Labute approximate surface area is 156 Å². The summed E-state index contributed by atoms with van der Waals surface area (Å²) in [6, 6.07) is 15.1. The first-order chi connectivity index (χ1) is 12.9. The number of hydrogen-bond acceptors (Lipinski definition) is 4. The van der Waals surface area contributed by atoms with Gasteiger partial charge in [-0.25, -0.2) is 13.1 Å². The molecule has 1 heterocycles. The topological polar surface area (TPSA) is 108 Å². The van der Waals surface area contributed by atoms with Crippen LogP contribution in [-0.2, 0) is 10.0 Å². The molecule has 0 atom stereocenters. The Morgan fingerprint density at radius 2 is 1.74 bits per heavy atom. The zero-order chi connectivity index (χ0) is 19.4. The number of hydrogen-bond donors (Lipinski definition) is 3. The van der Waals surface area contributed by atoms with E-state index in [2.05, 4.69) is 15.0 Å². The Morgan fingerprint density at radius 1 is 1.04 bits per heavy atom. The van der Waals surface area contributed by atoms with Crippen LogP contribution < -0.4 is 15.6 Å². The third-order valence-corrected chi connectivity index (χ3v) is 5.51. The fourth-order valence-corrected chi connectivity index (χ4v) is 3.61. The first kappa shape index (κ1) is 18.8. The third-order valence-electron chi connectivity index (χ3n) is 4.03. The second-order valence-corrected chi connectivity index (χ2v) is 7.83. The Morgan fingerprint density at radius 3 is 2.48 bits per heavy atom. The number of para-hydroxylation sites is 1. The number of fused-ring (bicyclic) bond motifs is 1. The van der Waals surface area contributed by atoms with E-state index < -0.39 is 21.5 Å². The molecule has 27 heavy (non-hydrogen) atoms. The fourth-order valence-electron chi connectivity index (χ4n) is 2.57. The molecule has 0 aliphatic carbocycles. The molecule has 3 rings (SSSR count). The van der Waals surface area contributed by atoms with Crippen LogP contribution >= 0.6 is 0 Å². The maximum atomic E-state index is 12.2. The van der Waals surface area contributed by atoms with Crippen LogP contribution in [0.3, 0.4) is 0 Å². The number of amides is 1. The molecular weight excluding hydrogens is 366 g/mol. The van der Waals surface area contributed by atoms with Crippen LogP contribution in [0.4, 0.5) is 0 Å². The Kier molecular flexibility index (Phi) is 5.38. The van der Waals surface area contributed by atoms with Gasteiger partial charge in [-0.2, -0.15) is 0 Å². The molecule has 0 spiro atoms. The van der Waals surface area contributed by atoms with Gasteiger partial charge in [0.05, 0.1) is 4.90 Å².